The fourth-order valence-corrected chi connectivity index (χ4v) is 2.64. The highest BCUT2D eigenvalue weighted by molar-refractivity contribution is 5.79. The molecular weight excluding hydrogens is 244 g/mol. The Bertz CT molecular complexity index is 734. The predicted molar refractivity (Wildman–Crippen MR) is 83.8 cm³/mol. The summed E-state index contributed by atoms with van der Waals surface area (Å²) in [5.41, 5.74) is 4.84. The lowest BCUT2D eigenvalue weighted by Gasteiger charge is -2.18. The molecule has 3 rings (SSSR count). The summed E-state index contributed by atoms with van der Waals surface area (Å²) in [5.74, 6) is 0. The number of hydrogen-bond acceptors (Lipinski definition) is 2. The summed E-state index contributed by atoms with van der Waals surface area (Å²) in [7, 11) is 2.00. The third kappa shape index (κ3) is 2.43. The zero-order valence-electron chi connectivity index (χ0n) is 11.8. The smallest absolute Gasteiger partial charge is 0.0705 e. The van der Waals surface area contributed by atoms with Gasteiger partial charge in [-0.3, -0.25) is 4.98 Å². The van der Waals surface area contributed by atoms with Gasteiger partial charge in [-0.15, -0.1) is 0 Å². The fourth-order valence-electron chi connectivity index (χ4n) is 2.64. The van der Waals surface area contributed by atoms with Crippen molar-refractivity contribution in [2.45, 2.75) is 13.0 Å². The third-order valence-corrected chi connectivity index (χ3v) is 3.63. The molecule has 2 aromatic carbocycles. The summed E-state index contributed by atoms with van der Waals surface area (Å²) in [6.07, 6.45) is 1.84. The standard InChI is InChI=1S/C18H18N2/c1-13-5-3-6-15(11-13)18(19-2)16-9-8-14-7-4-10-20-17(14)12-16/h3-12,18-19H,1-2H3. The van der Waals surface area contributed by atoms with E-state index in [1.807, 2.05) is 19.3 Å². The van der Waals surface area contributed by atoms with Crippen LogP contribution in [0.4, 0.5) is 0 Å². The maximum Gasteiger partial charge on any atom is 0.0705 e. The van der Waals surface area contributed by atoms with Crippen molar-refractivity contribution < 1.29 is 0 Å². The highest BCUT2D eigenvalue weighted by Gasteiger charge is 2.12. The molecule has 1 atom stereocenters. The van der Waals surface area contributed by atoms with Gasteiger partial charge in [-0.2, -0.15) is 0 Å². The number of benzene rings is 2. The van der Waals surface area contributed by atoms with E-state index in [4.69, 9.17) is 0 Å². The maximum absolute atomic E-state index is 4.44. The van der Waals surface area contributed by atoms with E-state index in [0.29, 0.717) is 0 Å². The molecule has 100 valence electrons. The van der Waals surface area contributed by atoms with Crippen molar-refractivity contribution in [2.75, 3.05) is 7.05 Å². The minimum atomic E-state index is 0.196. The molecule has 0 fully saturated rings. The van der Waals surface area contributed by atoms with Crippen LogP contribution in [0.15, 0.2) is 60.8 Å². The quantitative estimate of drug-likeness (QED) is 0.775. The van der Waals surface area contributed by atoms with Gasteiger partial charge in [0.1, 0.15) is 0 Å². The lowest BCUT2D eigenvalue weighted by Crippen LogP contribution is -2.17. The van der Waals surface area contributed by atoms with Crippen LogP contribution >= 0.6 is 0 Å². The molecule has 0 bridgehead atoms. The van der Waals surface area contributed by atoms with Gasteiger partial charge in [0, 0.05) is 11.6 Å². The molecule has 0 amide bonds. The first-order valence-electron chi connectivity index (χ1n) is 6.86. The molecule has 20 heavy (non-hydrogen) atoms. The first-order chi connectivity index (χ1) is 9.78. The number of hydrogen-bond donors (Lipinski definition) is 1. The minimum absolute atomic E-state index is 0.196. The number of nitrogens with one attached hydrogen (secondary N) is 1. The second-order valence-corrected chi connectivity index (χ2v) is 5.09. The molecule has 0 spiro atoms. The number of rotatable bonds is 3. The largest absolute Gasteiger partial charge is 0.309 e. The monoisotopic (exact) mass is 262 g/mol. The molecule has 0 aliphatic carbocycles. The molecule has 1 heterocycles. The van der Waals surface area contributed by atoms with Crippen LogP contribution < -0.4 is 5.32 Å². The van der Waals surface area contributed by atoms with Gasteiger partial charge in [0.2, 0.25) is 0 Å². The average Bonchev–Trinajstić information content (AvgIpc) is 2.48. The van der Waals surface area contributed by atoms with Gasteiger partial charge in [-0.05, 0) is 37.2 Å². The van der Waals surface area contributed by atoms with Gasteiger partial charge in [-0.25, -0.2) is 0 Å². The Balaban J connectivity index is 2.07. The van der Waals surface area contributed by atoms with E-state index >= 15 is 0 Å². The van der Waals surface area contributed by atoms with Gasteiger partial charge in [0.15, 0.2) is 0 Å². The molecule has 0 radical (unpaired) electrons. The SMILES string of the molecule is CNC(c1cccc(C)c1)c1ccc2cccnc2c1. The molecule has 1 aromatic heterocycles. The Morgan fingerprint density at radius 3 is 2.60 bits per heavy atom. The number of aryl methyl sites for hydroxylation is 1. The minimum Gasteiger partial charge on any atom is -0.309 e. The van der Waals surface area contributed by atoms with E-state index in [1.165, 1.54) is 22.1 Å². The summed E-state index contributed by atoms with van der Waals surface area (Å²) in [5, 5.41) is 4.58. The lowest BCUT2D eigenvalue weighted by atomic mass is 9.96. The second-order valence-electron chi connectivity index (χ2n) is 5.09. The van der Waals surface area contributed by atoms with Crippen molar-refractivity contribution in [3.8, 4) is 0 Å². The highest BCUT2D eigenvalue weighted by atomic mass is 14.9. The number of pyridine rings is 1. The summed E-state index contributed by atoms with van der Waals surface area (Å²) >= 11 is 0. The van der Waals surface area contributed by atoms with Crippen LogP contribution in [-0.4, -0.2) is 12.0 Å². The van der Waals surface area contributed by atoms with Crippen molar-refractivity contribution in [1.29, 1.82) is 0 Å². The number of nitrogens with zero attached hydrogens (tertiary/aromatic N) is 1. The van der Waals surface area contributed by atoms with Crippen molar-refractivity contribution in [1.82, 2.24) is 10.3 Å². The fraction of sp³-hybridized carbons (Fsp3) is 0.167. The molecule has 3 aromatic rings. The van der Waals surface area contributed by atoms with Gasteiger partial charge < -0.3 is 5.32 Å². The average molecular weight is 262 g/mol. The first-order valence-corrected chi connectivity index (χ1v) is 6.86. The van der Waals surface area contributed by atoms with Gasteiger partial charge >= 0.3 is 0 Å². The topological polar surface area (TPSA) is 24.9 Å². The van der Waals surface area contributed by atoms with E-state index < -0.39 is 0 Å². The first kappa shape index (κ1) is 12.8. The van der Waals surface area contributed by atoms with Crippen LogP contribution in [-0.2, 0) is 0 Å². The van der Waals surface area contributed by atoms with Crippen molar-refractivity contribution in [3.05, 3.63) is 77.5 Å². The normalized spacial score (nSPS) is 12.5. The summed E-state index contributed by atoms with van der Waals surface area (Å²) in [6.45, 7) is 2.12. The number of aromatic nitrogens is 1. The van der Waals surface area contributed by atoms with Crippen LogP contribution in [0.1, 0.15) is 22.7 Å². The van der Waals surface area contributed by atoms with E-state index in [9.17, 15) is 0 Å². The molecule has 2 heteroatoms. The third-order valence-electron chi connectivity index (χ3n) is 3.63. The molecule has 0 saturated heterocycles. The van der Waals surface area contributed by atoms with E-state index in [-0.39, 0.29) is 6.04 Å². The van der Waals surface area contributed by atoms with Crippen molar-refractivity contribution in [2.24, 2.45) is 0 Å². The maximum atomic E-state index is 4.44. The Morgan fingerprint density at radius 1 is 0.950 bits per heavy atom. The van der Waals surface area contributed by atoms with E-state index in [1.54, 1.807) is 0 Å². The molecular formula is C18H18N2. The summed E-state index contributed by atoms with van der Waals surface area (Å²) < 4.78 is 0. The van der Waals surface area contributed by atoms with Gasteiger partial charge in [-0.1, -0.05) is 48.0 Å². The van der Waals surface area contributed by atoms with E-state index in [2.05, 4.69) is 65.8 Å². The number of fused-ring (bicyclic) bond motifs is 1. The van der Waals surface area contributed by atoms with Crippen LogP contribution in [0.5, 0.6) is 0 Å². The predicted octanol–water partition coefficient (Wildman–Crippen LogP) is 3.85. The summed E-state index contributed by atoms with van der Waals surface area (Å²) in [4.78, 5) is 4.44. The molecule has 0 aliphatic heterocycles. The van der Waals surface area contributed by atoms with Crippen LogP contribution in [0.2, 0.25) is 0 Å². The van der Waals surface area contributed by atoms with Crippen molar-refractivity contribution in [3.63, 3.8) is 0 Å². The summed E-state index contributed by atoms with van der Waals surface area (Å²) in [6, 6.07) is 19.4. The Kier molecular flexibility index (Phi) is 3.48. The van der Waals surface area contributed by atoms with Gasteiger partial charge in [0.05, 0.1) is 11.6 Å². The van der Waals surface area contributed by atoms with Crippen LogP contribution in [0.25, 0.3) is 10.9 Å². The zero-order chi connectivity index (χ0) is 13.9. The molecule has 1 N–H and O–H groups in total. The Morgan fingerprint density at radius 2 is 1.80 bits per heavy atom. The molecule has 0 aliphatic rings. The second kappa shape index (κ2) is 5.43. The lowest BCUT2D eigenvalue weighted by molar-refractivity contribution is 0.692. The van der Waals surface area contributed by atoms with Crippen LogP contribution in [0, 0.1) is 6.92 Å². The molecule has 0 saturated carbocycles. The zero-order valence-corrected chi connectivity index (χ0v) is 11.8. The van der Waals surface area contributed by atoms with Crippen LogP contribution in [0.3, 0.4) is 0 Å². The van der Waals surface area contributed by atoms with Gasteiger partial charge in [0.25, 0.3) is 0 Å². The Labute approximate surface area is 119 Å². The van der Waals surface area contributed by atoms with E-state index in [0.717, 1.165) is 5.52 Å². The van der Waals surface area contributed by atoms with Crippen molar-refractivity contribution >= 4 is 10.9 Å². The molecule has 2 nitrogen and oxygen atoms in total. The Hall–Kier alpha value is -2.19. The highest BCUT2D eigenvalue weighted by Crippen LogP contribution is 2.25. The molecule has 1 unspecified atom stereocenters.